The van der Waals surface area contributed by atoms with Crippen LogP contribution in [0.1, 0.15) is 45.2 Å². The first-order valence-electron chi connectivity index (χ1n) is 6.42. The molecule has 1 aromatic rings. The van der Waals surface area contributed by atoms with Gasteiger partial charge in [0.1, 0.15) is 0 Å². The Morgan fingerprint density at radius 1 is 1.25 bits per heavy atom. The van der Waals surface area contributed by atoms with Crippen LogP contribution in [-0.2, 0) is 12.8 Å². The molecule has 2 rings (SSSR count). The third-order valence-corrected chi connectivity index (χ3v) is 3.49. The Morgan fingerprint density at radius 2 is 2.00 bits per heavy atom. The van der Waals surface area contributed by atoms with E-state index in [2.05, 4.69) is 50.8 Å². The van der Waals surface area contributed by atoms with Gasteiger partial charge in [-0.1, -0.05) is 19.1 Å². The Balaban J connectivity index is 2.43. The summed E-state index contributed by atoms with van der Waals surface area (Å²) < 4.78 is 0. The van der Waals surface area contributed by atoms with E-state index in [-0.39, 0.29) is 5.54 Å². The molecule has 1 nitrogen and oxygen atoms in total. The van der Waals surface area contributed by atoms with Gasteiger partial charge in [-0.3, -0.25) is 0 Å². The summed E-state index contributed by atoms with van der Waals surface area (Å²) in [6.45, 7) is 10.3. The summed E-state index contributed by atoms with van der Waals surface area (Å²) in [5.41, 5.74) is 4.69. The second-order valence-corrected chi connectivity index (χ2v) is 5.74. The second kappa shape index (κ2) is 4.12. The van der Waals surface area contributed by atoms with Crippen LogP contribution in [0, 0.1) is 0 Å². The van der Waals surface area contributed by atoms with E-state index < -0.39 is 0 Å². The third kappa shape index (κ3) is 2.09. The van der Waals surface area contributed by atoms with E-state index in [0.29, 0.717) is 0 Å². The molecule has 16 heavy (non-hydrogen) atoms. The Labute approximate surface area is 99.5 Å². The van der Waals surface area contributed by atoms with Gasteiger partial charge in [0.05, 0.1) is 0 Å². The predicted octanol–water partition coefficient (Wildman–Crippen LogP) is 3.80. The van der Waals surface area contributed by atoms with E-state index in [0.717, 1.165) is 6.42 Å². The van der Waals surface area contributed by atoms with E-state index in [1.54, 1.807) is 0 Å². The molecule has 0 atom stereocenters. The van der Waals surface area contributed by atoms with Crippen LogP contribution in [0.15, 0.2) is 18.2 Å². The van der Waals surface area contributed by atoms with Gasteiger partial charge < -0.3 is 4.90 Å². The van der Waals surface area contributed by atoms with E-state index in [9.17, 15) is 0 Å². The Hall–Kier alpha value is -0.980. The molecule has 1 aliphatic heterocycles. The van der Waals surface area contributed by atoms with E-state index in [4.69, 9.17) is 0 Å². The molecule has 1 aliphatic rings. The summed E-state index contributed by atoms with van der Waals surface area (Å²) in [5, 5.41) is 0. The number of aryl methyl sites for hydroxylation is 2. The van der Waals surface area contributed by atoms with Gasteiger partial charge >= 0.3 is 0 Å². The zero-order chi connectivity index (χ0) is 11.8. The maximum atomic E-state index is 2.56. The number of anilines is 1. The smallest absolute Gasteiger partial charge is 0.0405 e. The minimum atomic E-state index is 0.238. The van der Waals surface area contributed by atoms with Crippen LogP contribution in [0.4, 0.5) is 5.69 Å². The molecule has 0 radical (unpaired) electrons. The first-order valence-corrected chi connectivity index (χ1v) is 6.42. The van der Waals surface area contributed by atoms with Crippen molar-refractivity contribution in [3.8, 4) is 0 Å². The van der Waals surface area contributed by atoms with Crippen LogP contribution >= 0.6 is 0 Å². The summed E-state index contributed by atoms with van der Waals surface area (Å²) in [4.78, 5) is 2.56. The fourth-order valence-electron chi connectivity index (χ4n) is 2.54. The van der Waals surface area contributed by atoms with Crippen LogP contribution in [0.2, 0.25) is 0 Å². The Bertz CT molecular complexity index is 374. The quantitative estimate of drug-likeness (QED) is 0.691. The molecule has 1 heterocycles. The molecule has 0 N–H and O–H groups in total. The molecule has 0 saturated carbocycles. The van der Waals surface area contributed by atoms with E-state index >= 15 is 0 Å². The van der Waals surface area contributed by atoms with Crippen LogP contribution in [0.25, 0.3) is 0 Å². The van der Waals surface area contributed by atoms with Crippen LogP contribution in [0.3, 0.4) is 0 Å². The van der Waals surface area contributed by atoms with Gasteiger partial charge in [0.15, 0.2) is 0 Å². The van der Waals surface area contributed by atoms with Gasteiger partial charge in [-0.25, -0.2) is 0 Å². The normalized spacial score (nSPS) is 16.1. The predicted molar refractivity (Wildman–Crippen MR) is 71.2 cm³/mol. The van der Waals surface area contributed by atoms with Crippen LogP contribution in [-0.4, -0.2) is 12.1 Å². The zero-order valence-electron chi connectivity index (χ0n) is 11.0. The largest absolute Gasteiger partial charge is 0.366 e. The maximum absolute atomic E-state index is 2.56. The number of rotatable bonds is 1. The molecule has 0 aliphatic carbocycles. The SMILES string of the molecule is CCc1ccc2c(c1)N(C(C)(C)C)CCC2. The van der Waals surface area contributed by atoms with Crippen molar-refractivity contribution >= 4 is 5.69 Å². The molecule has 0 fully saturated rings. The summed E-state index contributed by atoms with van der Waals surface area (Å²) in [6.07, 6.45) is 3.66. The molecular formula is C15H23N. The van der Waals surface area contributed by atoms with Crippen LogP contribution < -0.4 is 4.90 Å². The van der Waals surface area contributed by atoms with Gasteiger partial charge in [-0.15, -0.1) is 0 Å². The zero-order valence-corrected chi connectivity index (χ0v) is 11.0. The average molecular weight is 217 g/mol. The molecule has 0 bridgehead atoms. The summed E-state index contributed by atoms with van der Waals surface area (Å²) in [6, 6.07) is 7.00. The fourth-order valence-corrected chi connectivity index (χ4v) is 2.54. The molecular weight excluding hydrogens is 194 g/mol. The monoisotopic (exact) mass is 217 g/mol. The molecule has 0 spiro atoms. The Kier molecular flexibility index (Phi) is 2.96. The molecule has 0 unspecified atom stereocenters. The van der Waals surface area contributed by atoms with Crippen molar-refractivity contribution in [1.82, 2.24) is 0 Å². The maximum Gasteiger partial charge on any atom is 0.0405 e. The fraction of sp³-hybridized carbons (Fsp3) is 0.600. The number of nitrogens with zero attached hydrogens (tertiary/aromatic N) is 1. The molecule has 0 saturated heterocycles. The number of fused-ring (bicyclic) bond motifs is 1. The third-order valence-electron chi connectivity index (χ3n) is 3.49. The summed E-state index contributed by atoms with van der Waals surface area (Å²) in [7, 11) is 0. The highest BCUT2D eigenvalue weighted by Gasteiger charge is 2.26. The highest BCUT2D eigenvalue weighted by molar-refractivity contribution is 5.58. The van der Waals surface area contributed by atoms with Gasteiger partial charge in [0.25, 0.3) is 0 Å². The highest BCUT2D eigenvalue weighted by Crippen LogP contribution is 2.33. The van der Waals surface area contributed by atoms with Crippen molar-refractivity contribution in [3.05, 3.63) is 29.3 Å². The first kappa shape index (κ1) is 11.5. The van der Waals surface area contributed by atoms with E-state index in [1.165, 1.54) is 36.2 Å². The molecule has 1 aromatic carbocycles. The standard InChI is InChI=1S/C15H23N/c1-5-12-8-9-13-7-6-10-16(14(13)11-12)15(2,3)4/h8-9,11H,5-7,10H2,1-4H3. The summed E-state index contributed by atoms with van der Waals surface area (Å²) in [5.74, 6) is 0. The lowest BCUT2D eigenvalue weighted by atomic mass is 9.94. The average Bonchev–Trinajstić information content (AvgIpc) is 2.26. The number of benzene rings is 1. The topological polar surface area (TPSA) is 3.24 Å². The van der Waals surface area contributed by atoms with Crippen molar-refractivity contribution < 1.29 is 0 Å². The van der Waals surface area contributed by atoms with Crippen molar-refractivity contribution in [2.75, 3.05) is 11.4 Å². The van der Waals surface area contributed by atoms with Gasteiger partial charge in [0, 0.05) is 17.8 Å². The van der Waals surface area contributed by atoms with Crippen LogP contribution in [0.5, 0.6) is 0 Å². The lowest BCUT2D eigenvalue weighted by Gasteiger charge is -2.42. The summed E-state index contributed by atoms with van der Waals surface area (Å²) >= 11 is 0. The van der Waals surface area contributed by atoms with Gasteiger partial charge in [-0.2, -0.15) is 0 Å². The number of hydrogen-bond acceptors (Lipinski definition) is 1. The second-order valence-electron chi connectivity index (χ2n) is 5.74. The molecule has 0 amide bonds. The number of hydrogen-bond donors (Lipinski definition) is 0. The highest BCUT2D eigenvalue weighted by atomic mass is 15.2. The van der Waals surface area contributed by atoms with Crippen molar-refractivity contribution in [1.29, 1.82) is 0 Å². The lowest BCUT2D eigenvalue weighted by molar-refractivity contribution is 0.483. The first-order chi connectivity index (χ1) is 7.52. The molecule has 0 aromatic heterocycles. The Morgan fingerprint density at radius 3 is 2.62 bits per heavy atom. The minimum Gasteiger partial charge on any atom is -0.366 e. The molecule has 1 heteroatoms. The van der Waals surface area contributed by atoms with Gasteiger partial charge in [-0.05, 0) is 57.2 Å². The van der Waals surface area contributed by atoms with Crippen molar-refractivity contribution in [3.63, 3.8) is 0 Å². The molecule has 88 valence electrons. The van der Waals surface area contributed by atoms with E-state index in [1.807, 2.05) is 0 Å². The van der Waals surface area contributed by atoms with Crippen molar-refractivity contribution in [2.24, 2.45) is 0 Å². The lowest BCUT2D eigenvalue weighted by Crippen LogP contribution is -2.44. The minimum absolute atomic E-state index is 0.238. The van der Waals surface area contributed by atoms with Crippen molar-refractivity contribution in [2.45, 2.75) is 52.5 Å². The van der Waals surface area contributed by atoms with Gasteiger partial charge in [0.2, 0.25) is 0 Å².